The first-order valence-electron chi connectivity index (χ1n) is 25.3. The zero-order chi connectivity index (χ0) is 52.5. The number of aromatic nitrogens is 1. The van der Waals surface area contributed by atoms with Crippen molar-refractivity contribution in [1.82, 2.24) is 10.3 Å². The third kappa shape index (κ3) is 28.4. The van der Waals surface area contributed by atoms with Crippen LogP contribution >= 0.6 is 27.3 Å². The van der Waals surface area contributed by atoms with E-state index in [0.717, 1.165) is 40.3 Å². The number of nitrogens with zero attached hydrogens (tertiary/aromatic N) is 6. The molecule has 0 saturated carbocycles. The monoisotopic (exact) mass is 1240 g/mol. The van der Waals surface area contributed by atoms with Gasteiger partial charge in [0.1, 0.15) is 5.84 Å². The summed E-state index contributed by atoms with van der Waals surface area (Å²) in [5, 5.41) is 15.9. The maximum atomic E-state index is 4.94. The second kappa shape index (κ2) is 37.7. The summed E-state index contributed by atoms with van der Waals surface area (Å²) >= 11 is 5.05. The fraction of sp³-hybridized carbons (Fsp3) is 0.371. The van der Waals surface area contributed by atoms with Crippen LogP contribution in [0.2, 0.25) is 0 Å². The Balaban J connectivity index is 0.000000317. The van der Waals surface area contributed by atoms with Crippen LogP contribution in [0.4, 0.5) is 0 Å². The van der Waals surface area contributed by atoms with Gasteiger partial charge in [-0.25, -0.2) is 16.2 Å². The van der Waals surface area contributed by atoms with Gasteiger partial charge in [0, 0.05) is 46.2 Å². The molecule has 0 atom stereocenters. The molecule has 2 aromatic heterocycles. The maximum absolute atomic E-state index is 4.94. The number of amidine groups is 1. The Morgan fingerprint density at radius 1 is 0.644 bits per heavy atom. The molecule has 0 bridgehead atoms. The molecule has 0 radical (unpaired) electrons. The second-order valence-corrected chi connectivity index (χ2v) is 20.4. The van der Waals surface area contributed by atoms with E-state index in [9.17, 15) is 0 Å². The number of aliphatic imine (C=N–C) groups is 3. The van der Waals surface area contributed by atoms with Crippen molar-refractivity contribution >= 4 is 49.2 Å². The summed E-state index contributed by atoms with van der Waals surface area (Å²) in [6, 6.07) is 59.3. The van der Waals surface area contributed by atoms with E-state index >= 15 is 0 Å². The van der Waals surface area contributed by atoms with Crippen LogP contribution in [0, 0.1) is 6.07 Å². The number of ether oxygens (including phenoxy) is 1. The van der Waals surface area contributed by atoms with Gasteiger partial charge in [0.05, 0.1) is 18.1 Å². The van der Waals surface area contributed by atoms with Gasteiger partial charge < -0.3 is 25.7 Å². The summed E-state index contributed by atoms with van der Waals surface area (Å²) in [5.41, 5.74) is 6.77. The quantitative estimate of drug-likeness (QED) is 0.0749. The topological polar surface area (TPSA) is 99.4 Å². The predicted molar refractivity (Wildman–Crippen MR) is 316 cm³/mol. The van der Waals surface area contributed by atoms with Gasteiger partial charge in [-0.05, 0) is 103 Å². The number of thiophene rings is 1. The molecule has 1 aliphatic rings. The van der Waals surface area contributed by atoms with Crippen molar-refractivity contribution in [2.45, 2.75) is 138 Å². The molecule has 1 saturated heterocycles. The third-order valence-corrected chi connectivity index (χ3v) is 11.0. The van der Waals surface area contributed by atoms with Crippen LogP contribution < -0.4 is 5.32 Å². The molecule has 73 heavy (non-hydrogen) atoms. The summed E-state index contributed by atoms with van der Waals surface area (Å²) in [4.78, 5) is 17.0. The molecule has 0 unspecified atom stereocenters. The van der Waals surface area contributed by atoms with Gasteiger partial charge in [0.25, 0.3) is 0 Å². The minimum absolute atomic E-state index is 0. The van der Waals surface area contributed by atoms with Crippen molar-refractivity contribution in [3.8, 4) is 22.4 Å². The van der Waals surface area contributed by atoms with Crippen molar-refractivity contribution in [1.29, 1.82) is 0 Å². The summed E-state index contributed by atoms with van der Waals surface area (Å²) in [6.07, 6.45) is 4.42. The Morgan fingerprint density at radius 3 is 1.62 bits per heavy atom. The molecular weight excluding hydrogens is 1160 g/mol. The van der Waals surface area contributed by atoms with Gasteiger partial charge in [-0.15, -0.1) is 53.2 Å². The third-order valence-electron chi connectivity index (χ3n) is 9.58. The fourth-order valence-electron chi connectivity index (χ4n) is 6.40. The first-order chi connectivity index (χ1) is 34.6. The van der Waals surface area contributed by atoms with E-state index in [4.69, 9.17) is 4.74 Å². The largest absolute Gasteiger partial charge is 3.00 e. The van der Waals surface area contributed by atoms with Crippen LogP contribution in [-0.2, 0) is 24.8 Å². The van der Waals surface area contributed by atoms with Gasteiger partial charge in [-0.2, -0.15) is 0 Å². The van der Waals surface area contributed by atoms with Crippen LogP contribution in [0.1, 0.15) is 113 Å². The summed E-state index contributed by atoms with van der Waals surface area (Å²) < 4.78 is 7.34. The second-order valence-electron chi connectivity index (χ2n) is 18.5. The van der Waals surface area contributed by atoms with Crippen molar-refractivity contribution < 1.29 is 24.8 Å². The first kappa shape index (κ1) is 64.2. The molecule has 1 fully saturated rings. The number of benzene rings is 5. The van der Waals surface area contributed by atoms with Crippen molar-refractivity contribution in [2.75, 3.05) is 13.2 Å². The number of pyridine rings is 1. The van der Waals surface area contributed by atoms with Gasteiger partial charge in [-0.3, -0.25) is 4.99 Å². The Labute approximate surface area is 465 Å². The van der Waals surface area contributed by atoms with Crippen LogP contribution in [0.15, 0.2) is 183 Å². The number of rotatable bonds is 12. The number of halogens is 1. The SMILES string of the molecule is Brc1ccccc1.C1CCOC1.CC(C)N=C(NC(C)C)c1ccccc1.CC(C)N=C=NC(C)C.CC(C)[N-]C([N-]C(C)C)c1ccccc1.[Ir+3].[c-]1cc(-c2ccccc2)ccc1-c1nccc2sccc12. The van der Waals surface area contributed by atoms with E-state index in [2.05, 4.69) is 197 Å². The molecule has 1 N–H and O–H groups in total. The molecular formula is C62H79BrIrN7OS. The minimum Gasteiger partial charge on any atom is -0.672 e. The molecule has 1 aliphatic heterocycles. The molecule has 7 aromatic rings. The average molecular weight is 1240 g/mol. The van der Waals surface area contributed by atoms with E-state index in [-0.39, 0.29) is 26.3 Å². The molecule has 8 nitrogen and oxygen atoms in total. The summed E-state index contributed by atoms with van der Waals surface area (Å²) in [6.45, 7) is 26.8. The maximum Gasteiger partial charge on any atom is 3.00 e. The van der Waals surface area contributed by atoms with Crippen molar-refractivity contribution in [2.24, 2.45) is 15.0 Å². The standard InChI is InChI=1S/C19H12NS.2C13H20N2.C7H14N2.C6H5Br.C4H8O.Ir/c1-2-4-14(5-3-1)15-6-8-16(9-7-15)19-17-11-13-21-18(17)10-12-20-19;2*1-10(2)14-13(15-11(3)4)12-8-6-5-7-9-12;1-6(2)8-5-9-7(3)4;7-6-4-2-1-3-5-6;1-2-4-5-3-1;/h1-8,10-13H;5-11H,1-4H3,(H,14,15);5-11,13H,1-4H3;6-7H,1-4H3;1-5H;1-4H2;/q-1;;-2;;;;+3. The fourth-order valence-corrected chi connectivity index (χ4v) is 7.49. The normalized spacial score (nSPS) is 11.7. The van der Waals surface area contributed by atoms with E-state index in [1.54, 1.807) is 11.3 Å². The minimum atomic E-state index is -0.00815. The Hall–Kier alpha value is -4.93. The van der Waals surface area contributed by atoms with E-state index in [1.807, 2.05) is 113 Å². The predicted octanol–water partition coefficient (Wildman–Crippen LogP) is 17.7. The molecule has 8 rings (SSSR count). The van der Waals surface area contributed by atoms with Gasteiger partial charge in [0.2, 0.25) is 0 Å². The Bertz CT molecular complexity index is 2510. The van der Waals surface area contributed by atoms with E-state index in [0.29, 0.717) is 36.3 Å². The Morgan fingerprint density at radius 2 is 1.18 bits per heavy atom. The molecule has 0 aliphatic carbocycles. The molecule has 5 aromatic carbocycles. The van der Waals surface area contributed by atoms with Gasteiger partial charge in [0.15, 0.2) is 0 Å². The van der Waals surface area contributed by atoms with Crippen LogP contribution in [0.3, 0.4) is 0 Å². The summed E-state index contributed by atoms with van der Waals surface area (Å²) in [7, 11) is 0. The molecule has 0 amide bonds. The average Bonchev–Trinajstić information content (AvgIpc) is 4.12. The number of hydrogen-bond donors (Lipinski definition) is 1. The number of hydrogen-bond acceptors (Lipinski definition) is 6. The van der Waals surface area contributed by atoms with Crippen molar-refractivity contribution in [3.05, 3.63) is 196 Å². The number of fused-ring (bicyclic) bond motifs is 1. The number of nitrogens with one attached hydrogen (secondary N) is 1. The van der Waals surface area contributed by atoms with Crippen LogP contribution in [0.25, 0.3) is 43.1 Å². The van der Waals surface area contributed by atoms with Gasteiger partial charge >= 0.3 is 20.1 Å². The molecule has 11 heteroatoms. The van der Waals surface area contributed by atoms with Crippen LogP contribution in [0.5, 0.6) is 0 Å². The van der Waals surface area contributed by atoms with E-state index in [1.165, 1.54) is 39.6 Å². The molecule has 390 valence electrons. The first-order valence-corrected chi connectivity index (χ1v) is 27.0. The zero-order valence-corrected chi connectivity index (χ0v) is 50.0. The van der Waals surface area contributed by atoms with Crippen molar-refractivity contribution in [3.63, 3.8) is 0 Å². The molecule has 0 spiro atoms. The van der Waals surface area contributed by atoms with E-state index < -0.39 is 0 Å². The van der Waals surface area contributed by atoms with Crippen LogP contribution in [-0.4, -0.2) is 66.3 Å². The zero-order valence-electron chi connectivity index (χ0n) is 45.2. The Kier molecular flexibility index (Phi) is 33.2. The van der Waals surface area contributed by atoms with Gasteiger partial charge in [-0.1, -0.05) is 176 Å². The smallest absolute Gasteiger partial charge is 0.672 e. The molecule has 3 heterocycles. The summed E-state index contributed by atoms with van der Waals surface area (Å²) in [5.74, 6) is 0.987.